The molecule has 1 atom stereocenters. The van der Waals surface area contributed by atoms with E-state index < -0.39 is 26.9 Å². The minimum atomic E-state index is -3.85. The molecule has 10 nitrogen and oxygen atoms in total. The Morgan fingerprint density at radius 3 is 2.57 bits per heavy atom. The van der Waals surface area contributed by atoms with Gasteiger partial charge in [0.2, 0.25) is 21.7 Å². The first-order valence-corrected chi connectivity index (χ1v) is 10.6. The predicted octanol–water partition coefficient (Wildman–Crippen LogP) is 2.42. The Kier molecular flexibility index (Phi) is 5.56. The van der Waals surface area contributed by atoms with Gasteiger partial charge in [-0.2, -0.15) is 0 Å². The maximum absolute atomic E-state index is 12.3. The number of sulfonamides is 1. The second-order valence-corrected chi connectivity index (χ2v) is 8.99. The van der Waals surface area contributed by atoms with Crippen molar-refractivity contribution in [1.29, 1.82) is 0 Å². The van der Waals surface area contributed by atoms with Crippen LogP contribution in [0.1, 0.15) is 11.5 Å². The monoisotopic (exact) mass is 425 g/mol. The van der Waals surface area contributed by atoms with Crippen molar-refractivity contribution in [2.75, 3.05) is 24.7 Å². The molecule has 1 aromatic carbocycles. The van der Waals surface area contributed by atoms with E-state index in [1.54, 1.807) is 6.07 Å². The lowest BCUT2D eigenvalue weighted by Gasteiger charge is -2.14. The molecular weight excluding hydrogens is 406 g/mol. The van der Waals surface area contributed by atoms with Crippen LogP contribution in [0.2, 0.25) is 0 Å². The molecule has 0 spiro atoms. The number of aromatic hydroxyl groups is 1. The maximum Gasteiger partial charge on any atom is 0.246 e. The fourth-order valence-electron chi connectivity index (χ4n) is 2.37. The van der Waals surface area contributed by atoms with Crippen LogP contribution in [0.5, 0.6) is 5.75 Å². The summed E-state index contributed by atoms with van der Waals surface area (Å²) in [6, 6.07) is 7.84. The van der Waals surface area contributed by atoms with E-state index in [0.29, 0.717) is 5.76 Å². The molecule has 3 aromatic rings. The van der Waals surface area contributed by atoms with Gasteiger partial charge in [-0.25, -0.2) is 12.7 Å². The predicted molar refractivity (Wildman–Crippen MR) is 104 cm³/mol. The van der Waals surface area contributed by atoms with E-state index in [1.165, 1.54) is 32.3 Å². The van der Waals surface area contributed by atoms with E-state index in [1.807, 2.05) is 13.0 Å². The van der Waals surface area contributed by atoms with Gasteiger partial charge in [0.1, 0.15) is 16.4 Å². The number of para-hydroxylation sites is 1. The van der Waals surface area contributed by atoms with E-state index in [4.69, 9.17) is 4.42 Å². The summed E-state index contributed by atoms with van der Waals surface area (Å²) >= 11 is -1.83. The fourth-order valence-corrected chi connectivity index (χ4v) is 4.00. The Bertz CT molecular complexity index is 1090. The van der Waals surface area contributed by atoms with Gasteiger partial charge in [0.05, 0.1) is 12.2 Å². The standard InChI is InChI=1S/C16H19N5O5S2/c1-10-7-8-11(26-10)9-17-15-16(20-27(23)19-15)18-12-5-4-6-13(14(12)22)28(24,25)21(2)3/h4-8,22H,9H2,1-3H3,(H,17,19)(H,18,20). The highest BCUT2D eigenvalue weighted by Gasteiger charge is 2.24. The molecule has 0 aliphatic heterocycles. The maximum atomic E-state index is 12.3. The second kappa shape index (κ2) is 7.75. The van der Waals surface area contributed by atoms with E-state index in [-0.39, 0.29) is 28.8 Å². The van der Waals surface area contributed by atoms with Gasteiger partial charge in [-0.1, -0.05) is 6.07 Å². The van der Waals surface area contributed by atoms with Crippen molar-refractivity contribution in [3.8, 4) is 5.75 Å². The molecule has 12 heteroatoms. The zero-order valence-corrected chi connectivity index (χ0v) is 17.0. The van der Waals surface area contributed by atoms with Crippen LogP contribution in [-0.2, 0) is 16.6 Å². The van der Waals surface area contributed by atoms with Gasteiger partial charge in [0.25, 0.3) is 0 Å². The zero-order chi connectivity index (χ0) is 20.5. The molecule has 0 aliphatic carbocycles. The molecule has 3 rings (SSSR count). The second-order valence-electron chi connectivity index (χ2n) is 6.04. The van der Waals surface area contributed by atoms with Crippen LogP contribution < -0.4 is 10.6 Å². The van der Waals surface area contributed by atoms with Gasteiger partial charge in [-0.3, -0.25) is 0 Å². The van der Waals surface area contributed by atoms with Crippen LogP contribution in [0, 0.1) is 6.92 Å². The normalized spacial score (nSPS) is 12.4. The van der Waals surface area contributed by atoms with Crippen molar-refractivity contribution in [2.24, 2.45) is 0 Å². The lowest BCUT2D eigenvalue weighted by molar-refractivity contribution is 0.454. The molecule has 0 amide bonds. The number of furan rings is 1. The average molecular weight is 425 g/mol. The smallest absolute Gasteiger partial charge is 0.246 e. The first kappa shape index (κ1) is 20.1. The van der Waals surface area contributed by atoms with Gasteiger partial charge < -0.3 is 24.7 Å². The molecule has 0 radical (unpaired) electrons. The molecule has 0 fully saturated rings. The molecule has 1 unspecified atom stereocenters. The molecular formula is C16H19N5O5S2. The van der Waals surface area contributed by atoms with Crippen molar-refractivity contribution < 1.29 is 22.5 Å². The number of hydrogen-bond acceptors (Lipinski definition) is 9. The minimum absolute atomic E-state index is 0.0870. The zero-order valence-electron chi connectivity index (χ0n) is 15.3. The number of aryl methyl sites for hydroxylation is 1. The molecule has 3 N–H and O–H groups in total. The number of phenolic OH excluding ortho intramolecular Hbond substituents is 1. The molecule has 2 aromatic heterocycles. The van der Waals surface area contributed by atoms with Gasteiger partial charge in [0.15, 0.2) is 16.9 Å². The summed E-state index contributed by atoms with van der Waals surface area (Å²) < 4.78 is 50.6. The summed E-state index contributed by atoms with van der Waals surface area (Å²) in [6.07, 6.45) is 0. The number of benzene rings is 1. The highest BCUT2D eigenvalue weighted by atomic mass is 32.2. The van der Waals surface area contributed by atoms with Crippen molar-refractivity contribution in [1.82, 2.24) is 13.1 Å². The number of anilines is 3. The van der Waals surface area contributed by atoms with Crippen LogP contribution in [0.3, 0.4) is 0 Å². The lowest BCUT2D eigenvalue weighted by Crippen LogP contribution is -2.22. The van der Waals surface area contributed by atoms with Crippen LogP contribution in [-0.4, -0.2) is 45.2 Å². The van der Waals surface area contributed by atoms with Crippen LogP contribution in [0.25, 0.3) is 0 Å². The number of rotatable bonds is 7. The third kappa shape index (κ3) is 4.09. The van der Waals surface area contributed by atoms with E-state index in [0.717, 1.165) is 10.1 Å². The molecule has 0 aliphatic rings. The number of nitrogens with zero attached hydrogens (tertiary/aromatic N) is 3. The number of hydrogen-bond donors (Lipinski definition) is 3. The summed E-state index contributed by atoms with van der Waals surface area (Å²) in [5.74, 6) is 1.24. The summed E-state index contributed by atoms with van der Waals surface area (Å²) in [6.45, 7) is 2.10. The van der Waals surface area contributed by atoms with Crippen LogP contribution in [0.15, 0.2) is 39.6 Å². The summed E-state index contributed by atoms with van der Waals surface area (Å²) in [4.78, 5) is -0.264. The summed E-state index contributed by atoms with van der Waals surface area (Å²) in [5.41, 5.74) is 0.0870. The van der Waals surface area contributed by atoms with E-state index >= 15 is 0 Å². The Hall–Kier alpha value is -2.67. The third-order valence-corrected chi connectivity index (χ3v) is 6.32. The fraction of sp³-hybridized carbons (Fsp3) is 0.250. The number of phenols is 1. The van der Waals surface area contributed by atoms with Gasteiger partial charge >= 0.3 is 0 Å². The molecule has 0 saturated heterocycles. The Morgan fingerprint density at radius 2 is 1.93 bits per heavy atom. The first-order valence-electron chi connectivity index (χ1n) is 8.09. The molecule has 0 saturated carbocycles. The van der Waals surface area contributed by atoms with Crippen molar-refractivity contribution in [3.05, 3.63) is 41.9 Å². The van der Waals surface area contributed by atoms with Gasteiger partial charge in [-0.15, -0.1) is 0 Å². The number of aromatic nitrogens is 2. The highest BCUT2D eigenvalue weighted by Crippen LogP contribution is 2.36. The quantitative estimate of drug-likeness (QED) is 0.384. The summed E-state index contributed by atoms with van der Waals surface area (Å²) in [5, 5.41) is 16.2. The minimum Gasteiger partial charge on any atom is -0.546 e. The first-order chi connectivity index (χ1) is 13.2. The SMILES string of the molecule is Cc1ccc(CNc2n[s+]([O-])nc2Nc2cccc(S(=O)(=O)N(C)C)c2O)o1. The van der Waals surface area contributed by atoms with Gasteiger partial charge in [0, 0.05) is 22.8 Å². The van der Waals surface area contributed by atoms with Crippen molar-refractivity contribution in [2.45, 2.75) is 18.4 Å². The van der Waals surface area contributed by atoms with E-state index in [2.05, 4.69) is 19.4 Å². The molecule has 2 heterocycles. The lowest BCUT2D eigenvalue weighted by atomic mass is 10.3. The largest absolute Gasteiger partial charge is 0.546 e. The van der Waals surface area contributed by atoms with Crippen molar-refractivity contribution in [3.63, 3.8) is 0 Å². The Balaban J connectivity index is 1.86. The molecule has 0 bridgehead atoms. The number of nitrogens with one attached hydrogen (secondary N) is 2. The summed E-state index contributed by atoms with van der Waals surface area (Å²) in [7, 11) is -1.12. The van der Waals surface area contributed by atoms with Crippen LogP contribution >= 0.6 is 11.1 Å². The Morgan fingerprint density at radius 1 is 1.21 bits per heavy atom. The average Bonchev–Trinajstić information content (AvgIpc) is 3.19. The third-order valence-electron chi connectivity index (χ3n) is 3.80. The molecule has 28 heavy (non-hydrogen) atoms. The van der Waals surface area contributed by atoms with Crippen LogP contribution in [0.4, 0.5) is 17.3 Å². The topological polar surface area (TPSA) is 144 Å². The van der Waals surface area contributed by atoms with Crippen molar-refractivity contribution >= 4 is 38.5 Å². The highest BCUT2D eigenvalue weighted by molar-refractivity contribution is 7.89. The Labute approximate surface area is 165 Å². The molecule has 150 valence electrons. The van der Waals surface area contributed by atoms with E-state index in [9.17, 15) is 18.1 Å². The van der Waals surface area contributed by atoms with Gasteiger partial charge in [-0.05, 0) is 31.2 Å².